The third kappa shape index (κ3) is 3.78. The molecule has 5 heteroatoms. The highest BCUT2D eigenvalue weighted by molar-refractivity contribution is 6.02. The summed E-state index contributed by atoms with van der Waals surface area (Å²) in [5, 5.41) is 3.00. The van der Waals surface area contributed by atoms with Gasteiger partial charge in [0, 0.05) is 31.8 Å². The first-order chi connectivity index (χ1) is 9.06. The number of hydrogen-bond acceptors (Lipinski definition) is 3. The highest BCUT2D eigenvalue weighted by Gasteiger charge is 2.29. The first-order valence-corrected chi connectivity index (χ1v) is 7.19. The van der Waals surface area contributed by atoms with Gasteiger partial charge in [-0.15, -0.1) is 0 Å². The van der Waals surface area contributed by atoms with E-state index in [1.807, 2.05) is 0 Å². The van der Waals surface area contributed by atoms with Gasteiger partial charge in [-0.3, -0.25) is 19.3 Å². The van der Waals surface area contributed by atoms with Crippen LogP contribution in [0.1, 0.15) is 51.9 Å². The molecular formula is C14H22N2O3. The molecule has 0 aromatic heterocycles. The number of likely N-dealkylation sites (tertiary alicyclic amines) is 1. The molecule has 1 N–H and O–H groups in total. The molecule has 1 saturated carbocycles. The third-order valence-corrected chi connectivity index (χ3v) is 4.10. The number of hydrogen-bond donors (Lipinski definition) is 1. The Morgan fingerprint density at radius 1 is 1.16 bits per heavy atom. The standard InChI is InChI=1S/C14H22N2O3/c1-10-2-4-11(5-3-10)15-12(17)8-9-16-13(18)6-7-14(16)19/h10-11H,2-9H2,1H3,(H,15,17). The van der Waals surface area contributed by atoms with Crippen LogP contribution in [0.25, 0.3) is 0 Å². The monoisotopic (exact) mass is 266 g/mol. The Balaban J connectivity index is 1.70. The fourth-order valence-corrected chi connectivity index (χ4v) is 2.79. The minimum atomic E-state index is -0.149. The summed E-state index contributed by atoms with van der Waals surface area (Å²) in [5.74, 6) is 0.411. The van der Waals surface area contributed by atoms with Gasteiger partial charge in [-0.1, -0.05) is 6.92 Å². The van der Waals surface area contributed by atoms with Crippen LogP contribution in [0.3, 0.4) is 0 Å². The molecule has 19 heavy (non-hydrogen) atoms. The maximum Gasteiger partial charge on any atom is 0.229 e. The Morgan fingerprint density at radius 2 is 1.74 bits per heavy atom. The second-order valence-corrected chi connectivity index (χ2v) is 5.71. The molecule has 0 aromatic rings. The fourth-order valence-electron chi connectivity index (χ4n) is 2.79. The Morgan fingerprint density at radius 3 is 2.32 bits per heavy atom. The number of amides is 3. The van der Waals surface area contributed by atoms with Gasteiger partial charge < -0.3 is 5.32 Å². The smallest absolute Gasteiger partial charge is 0.229 e. The highest BCUT2D eigenvalue weighted by atomic mass is 16.2. The zero-order chi connectivity index (χ0) is 13.8. The summed E-state index contributed by atoms with van der Waals surface area (Å²) in [6, 6.07) is 0.272. The van der Waals surface area contributed by atoms with Crippen LogP contribution >= 0.6 is 0 Å². The zero-order valence-corrected chi connectivity index (χ0v) is 11.5. The largest absolute Gasteiger partial charge is 0.353 e. The molecule has 2 fully saturated rings. The van der Waals surface area contributed by atoms with Crippen molar-refractivity contribution in [1.29, 1.82) is 0 Å². The van der Waals surface area contributed by atoms with E-state index in [1.165, 1.54) is 4.90 Å². The van der Waals surface area contributed by atoms with Crippen molar-refractivity contribution in [3.05, 3.63) is 0 Å². The molecule has 0 radical (unpaired) electrons. The predicted molar refractivity (Wildman–Crippen MR) is 70.1 cm³/mol. The molecule has 1 aliphatic carbocycles. The van der Waals surface area contributed by atoms with Crippen LogP contribution in [0.15, 0.2) is 0 Å². The topological polar surface area (TPSA) is 66.5 Å². The molecule has 0 spiro atoms. The molecule has 0 atom stereocenters. The van der Waals surface area contributed by atoms with E-state index in [4.69, 9.17) is 0 Å². The van der Waals surface area contributed by atoms with Crippen molar-refractivity contribution in [2.45, 2.75) is 57.9 Å². The molecule has 2 aliphatic rings. The quantitative estimate of drug-likeness (QED) is 0.778. The summed E-state index contributed by atoms with van der Waals surface area (Å²) in [6.07, 6.45) is 5.20. The summed E-state index contributed by atoms with van der Waals surface area (Å²) >= 11 is 0. The summed E-state index contributed by atoms with van der Waals surface area (Å²) in [6.45, 7) is 2.47. The average molecular weight is 266 g/mol. The summed E-state index contributed by atoms with van der Waals surface area (Å²) in [5.41, 5.74) is 0. The first-order valence-electron chi connectivity index (χ1n) is 7.19. The third-order valence-electron chi connectivity index (χ3n) is 4.10. The maximum absolute atomic E-state index is 11.8. The highest BCUT2D eigenvalue weighted by Crippen LogP contribution is 2.23. The normalized spacial score (nSPS) is 27.7. The van der Waals surface area contributed by atoms with Crippen molar-refractivity contribution in [2.75, 3.05) is 6.54 Å². The van der Waals surface area contributed by atoms with Crippen LogP contribution in [0.5, 0.6) is 0 Å². The number of rotatable bonds is 4. The molecule has 0 bridgehead atoms. The average Bonchev–Trinajstić information content (AvgIpc) is 2.70. The number of nitrogens with zero attached hydrogens (tertiary/aromatic N) is 1. The molecule has 1 saturated heterocycles. The second-order valence-electron chi connectivity index (χ2n) is 5.71. The lowest BCUT2D eigenvalue weighted by atomic mass is 9.87. The Hall–Kier alpha value is -1.39. The van der Waals surface area contributed by atoms with Crippen LogP contribution in [-0.2, 0) is 14.4 Å². The van der Waals surface area contributed by atoms with Crippen molar-refractivity contribution in [3.63, 3.8) is 0 Å². The Labute approximate surface area is 113 Å². The van der Waals surface area contributed by atoms with Gasteiger partial charge in [-0.2, -0.15) is 0 Å². The van der Waals surface area contributed by atoms with Gasteiger partial charge in [-0.05, 0) is 31.6 Å². The lowest BCUT2D eigenvalue weighted by Gasteiger charge is -2.27. The minimum Gasteiger partial charge on any atom is -0.353 e. The predicted octanol–water partition coefficient (Wildman–Crippen LogP) is 1.22. The van der Waals surface area contributed by atoms with E-state index < -0.39 is 0 Å². The number of carbonyl (C=O) groups is 3. The van der Waals surface area contributed by atoms with Crippen LogP contribution in [-0.4, -0.2) is 35.2 Å². The maximum atomic E-state index is 11.8. The van der Waals surface area contributed by atoms with Gasteiger partial charge in [0.15, 0.2) is 0 Å². The summed E-state index contributed by atoms with van der Waals surface area (Å²) in [7, 11) is 0. The molecule has 3 amide bonds. The van der Waals surface area contributed by atoms with Gasteiger partial charge >= 0.3 is 0 Å². The van der Waals surface area contributed by atoms with Gasteiger partial charge in [0.2, 0.25) is 17.7 Å². The summed E-state index contributed by atoms with van der Waals surface area (Å²) < 4.78 is 0. The van der Waals surface area contributed by atoms with E-state index in [9.17, 15) is 14.4 Å². The molecular weight excluding hydrogens is 244 g/mol. The number of carbonyl (C=O) groups excluding carboxylic acids is 3. The fraction of sp³-hybridized carbons (Fsp3) is 0.786. The molecule has 106 valence electrons. The lowest BCUT2D eigenvalue weighted by molar-refractivity contribution is -0.138. The van der Waals surface area contributed by atoms with Crippen LogP contribution in [0, 0.1) is 5.92 Å². The molecule has 2 rings (SSSR count). The Kier molecular flexibility index (Phi) is 4.56. The van der Waals surface area contributed by atoms with Gasteiger partial charge in [0.05, 0.1) is 0 Å². The van der Waals surface area contributed by atoms with Crippen molar-refractivity contribution in [1.82, 2.24) is 10.2 Å². The molecule has 1 aliphatic heterocycles. The Bertz CT molecular complexity index is 357. The van der Waals surface area contributed by atoms with Gasteiger partial charge in [0.1, 0.15) is 0 Å². The molecule has 0 aromatic carbocycles. The van der Waals surface area contributed by atoms with Crippen LogP contribution < -0.4 is 5.32 Å². The first kappa shape index (κ1) is 14.0. The molecule has 0 unspecified atom stereocenters. The van der Waals surface area contributed by atoms with E-state index in [2.05, 4.69) is 12.2 Å². The van der Waals surface area contributed by atoms with E-state index in [0.29, 0.717) is 12.8 Å². The SMILES string of the molecule is CC1CCC(NC(=O)CCN2C(=O)CCC2=O)CC1. The van der Waals surface area contributed by atoms with Crippen molar-refractivity contribution in [2.24, 2.45) is 5.92 Å². The van der Waals surface area contributed by atoms with Gasteiger partial charge in [-0.25, -0.2) is 0 Å². The molecule has 1 heterocycles. The van der Waals surface area contributed by atoms with E-state index in [1.54, 1.807) is 0 Å². The lowest BCUT2D eigenvalue weighted by Crippen LogP contribution is -2.39. The van der Waals surface area contributed by atoms with Crippen LogP contribution in [0.4, 0.5) is 0 Å². The van der Waals surface area contributed by atoms with E-state index in [0.717, 1.165) is 31.6 Å². The second kappa shape index (κ2) is 6.17. The minimum absolute atomic E-state index is 0.0490. The molecule has 5 nitrogen and oxygen atoms in total. The van der Waals surface area contributed by atoms with Crippen molar-refractivity contribution >= 4 is 17.7 Å². The number of nitrogens with one attached hydrogen (secondary N) is 1. The van der Waals surface area contributed by atoms with Gasteiger partial charge in [0.25, 0.3) is 0 Å². The zero-order valence-electron chi connectivity index (χ0n) is 11.5. The van der Waals surface area contributed by atoms with Crippen LogP contribution in [0.2, 0.25) is 0 Å². The van der Waals surface area contributed by atoms with Crippen molar-refractivity contribution < 1.29 is 14.4 Å². The van der Waals surface area contributed by atoms with Crippen molar-refractivity contribution in [3.8, 4) is 0 Å². The van der Waals surface area contributed by atoms with E-state index in [-0.39, 0.29) is 36.7 Å². The summed E-state index contributed by atoms with van der Waals surface area (Å²) in [4.78, 5) is 35.8. The van der Waals surface area contributed by atoms with E-state index >= 15 is 0 Å². The number of imide groups is 1.